The molecule has 0 aromatic rings. The SMILES string of the molecule is CCCC/C=C\CCCCCCCC(=O)OC(COC(=O)CCCCCCCCCCCCCCCCCCCCCC)COP(=O)(O)OCC(O)CO. The quantitative estimate of drug-likeness (QED) is 0.0236. The summed E-state index contributed by atoms with van der Waals surface area (Å²) >= 11 is 0. The first-order chi connectivity index (χ1) is 26.2. The van der Waals surface area contributed by atoms with Crippen molar-refractivity contribution < 1.29 is 47.8 Å². The molecule has 0 fully saturated rings. The van der Waals surface area contributed by atoms with Gasteiger partial charge in [-0.2, -0.15) is 0 Å². The number of carbonyl (C=O) groups is 2. The van der Waals surface area contributed by atoms with Gasteiger partial charge in [0, 0.05) is 12.8 Å². The molecule has 0 bridgehead atoms. The Morgan fingerprint density at radius 2 is 0.926 bits per heavy atom. The summed E-state index contributed by atoms with van der Waals surface area (Å²) in [6, 6.07) is 0. The second-order valence-corrected chi connectivity index (χ2v) is 16.5. The Bertz CT molecular complexity index is 915. The van der Waals surface area contributed by atoms with Crippen LogP contribution in [0.2, 0.25) is 0 Å². The molecule has 0 spiro atoms. The van der Waals surface area contributed by atoms with E-state index in [0.29, 0.717) is 12.8 Å². The monoisotopic (exact) mass is 791 g/mol. The smallest absolute Gasteiger partial charge is 0.462 e. The zero-order chi connectivity index (χ0) is 39.8. The molecule has 0 saturated carbocycles. The van der Waals surface area contributed by atoms with Gasteiger partial charge in [0.1, 0.15) is 12.7 Å². The molecule has 0 saturated heterocycles. The maximum atomic E-state index is 12.6. The van der Waals surface area contributed by atoms with Crippen molar-refractivity contribution in [3.8, 4) is 0 Å². The third kappa shape index (κ3) is 39.0. The van der Waals surface area contributed by atoms with E-state index in [9.17, 15) is 24.2 Å². The lowest BCUT2D eigenvalue weighted by atomic mass is 10.0. The molecule has 0 aromatic heterocycles. The fourth-order valence-corrected chi connectivity index (χ4v) is 7.00. The number of unbranched alkanes of at least 4 members (excludes halogenated alkanes) is 26. The standard InChI is InChI=1S/C43H83O10P/c1-3-5-7-9-11-13-15-16-17-18-19-20-21-22-23-25-26-28-30-32-34-42(46)50-38-41(39-52-54(48,49)51-37-40(45)36-44)53-43(47)35-33-31-29-27-24-14-12-10-8-6-4-2/h10,12,40-41,44-45H,3-9,11,13-39H2,1-2H3,(H,48,49)/b12-10-. The lowest BCUT2D eigenvalue weighted by molar-refractivity contribution is -0.161. The van der Waals surface area contributed by atoms with Crippen LogP contribution in [0.4, 0.5) is 0 Å². The summed E-state index contributed by atoms with van der Waals surface area (Å²) in [5.41, 5.74) is 0. The van der Waals surface area contributed by atoms with Crippen molar-refractivity contribution in [2.75, 3.05) is 26.4 Å². The van der Waals surface area contributed by atoms with Crippen LogP contribution in [-0.4, -0.2) is 65.7 Å². The van der Waals surface area contributed by atoms with E-state index in [1.165, 1.54) is 116 Å². The van der Waals surface area contributed by atoms with Crippen LogP contribution >= 0.6 is 7.82 Å². The van der Waals surface area contributed by atoms with Crippen LogP contribution in [0.5, 0.6) is 0 Å². The van der Waals surface area contributed by atoms with Crippen LogP contribution in [-0.2, 0) is 32.7 Å². The zero-order valence-electron chi connectivity index (χ0n) is 34.7. The Kier molecular flexibility index (Phi) is 39.0. The number of ether oxygens (including phenoxy) is 2. The topological polar surface area (TPSA) is 149 Å². The van der Waals surface area contributed by atoms with Gasteiger partial charge in [0.2, 0.25) is 0 Å². The van der Waals surface area contributed by atoms with Crippen molar-refractivity contribution in [3.63, 3.8) is 0 Å². The molecule has 11 heteroatoms. The maximum Gasteiger partial charge on any atom is 0.472 e. The first-order valence-electron chi connectivity index (χ1n) is 22.1. The molecule has 0 radical (unpaired) electrons. The Morgan fingerprint density at radius 3 is 1.39 bits per heavy atom. The maximum absolute atomic E-state index is 12.6. The molecule has 10 nitrogen and oxygen atoms in total. The zero-order valence-corrected chi connectivity index (χ0v) is 35.6. The average molecular weight is 791 g/mol. The van der Waals surface area contributed by atoms with E-state index in [2.05, 4.69) is 30.5 Å². The molecule has 0 amide bonds. The number of aliphatic hydroxyl groups excluding tert-OH is 2. The summed E-state index contributed by atoms with van der Waals surface area (Å²) in [5.74, 6) is -0.926. The minimum Gasteiger partial charge on any atom is -0.462 e. The molecule has 0 heterocycles. The molecule has 0 aliphatic rings. The number of esters is 2. The Balaban J connectivity index is 4.16. The van der Waals surface area contributed by atoms with Crippen molar-refractivity contribution in [2.45, 2.75) is 225 Å². The highest BCUT2D eigenvalue weighted by Gasteiger charge is 2.27. The van der Waals surface area contributed by atoms with Crippen LogP contribution in [0.15, 0.2) is 12.2 Å². The molecule has 0 rings (SSSR count). The molecule has 3 atom stereocenters. The van der Waals surface area contributed by atoms with Gasteiger partial charge in [-0.15, -0.1) is 0 Å². The van der Waals surface area contributed by atoms with Crippen molar-refractivity contribution in [1.82, 2.24) is 0 Å². The minimum atomic E-state index is -4.61. The summed E-state index contributed by atoms with van der Waals surface area (Å²) in [5, 5.41) is 18.3. The minimum absolute atomic E-state index is 0.177. The van der Waals surface area contributed by atoms with Crippen LogP contribution < -0.4 is 0 Å². The number of phosphoric acid groups is 1. The summed E-state index contributed by atoms with van der Waals surface area (Å²) < 4.78 is 32.7. The summed E-state index contributed by atoms with van der Waals surface area (Å²) in [4.78, 5) is 34.9. The van der Waals surface area contributed by atoms with Gasteiger partial charge in [0.25, 0.3) is 0 Å². The second-order valence-electron chi connectivity index (χ2n) is 15.1. The van der Waals surface area contributed by atoms with E-state index in [1.54, 1.807) is 0 Å². The van der Waals surface area contributed by atoms with E-state index < -0.39 is 51.8 Å². The molecule has 3 unspecified atom stereocenters. The largest absolute Gasteiger partial charge is 0.472 e. The number of allylic oxidation sites excluding steroid dienone is 2. The van der Waals surface area contributed by atoms with E-state index in [0.717, 1.165) is 57.8 Å². The predicted octanol–water partition coefficient (Wildman–Crippen LogP) is 11.6. The predicted molar refractivity (Wildman–Crippen MR) is 219 cm³/mol. The van der Waals surface area contributed by atoms with Gasteiger partial charge in [0.05, 0.1) is 19.8 Å². The van der Waals surface area contributed by atoms with Crippen LogP contribution in [0.25, 0.3) is 0 Å². The van der Waals surface area contributed by atoms with Gasteiger partial charge in [-0.05, 0) is 32.1 Å². The molecular formula is C43H83O10P. The molecule has 320 valence electrons. The van der Waals surface area contributed by atoms with E-state index >= 15 is 0 Å². The summed E-state index contributed by atoms with van der Waals surface area (Å²) in [6.45, 7) is 2.36. The third-order valence-corrected chi connectivity index (χ3v) is 10.6. The lowest BCUT2D eigenvalue weighted by Gasteiger charge is -2.20. The molecule has 0 aliphatic heterocycles. The molecule has 54 heavy (non-hydrogen) atoms. The first-order valence-corrected chi connectivity index (χ1v) is 23.6. The number of aliphatic hydroxyl groups is 2. The molecule has 0 aromatic carbocycles. The summed E-state index contributed by atoms with van der Waals surface area (Å²) in [6.07, 6.45) is 37.6. The van der Waals surface area contributed by atoms with Gasteiger partial charge in [0.15, 0.2) is 6.10 Å². The Labute approximate surface area is 330 Å². The lowest BCUT2D eigenvalue weighted by Crippen LogP contribution is -2.29. The van der Waals surface area contributed by atoms with Crippen molar-refractivity contribution >= 4 is 19.8 Å². The number of rotatable bonds is 42. The average Bonchev–Trinajstić information content (AvgIpc) is 3.16. The van der Waals surface area contributed by atoms with Crippen LogP contribution in [0.3, 0.4) is 0 Å². The molecular weight excluding hydrogens is 707 g/mol. The summed E-state index contributed by atoms with van der Waals surface area (Å²) in [7, 11) is -4.61. The normalized spacial score (nSPS) is 13.9. The van der Waals surface area contributed by atoms with Gasteiger partial charge < -0.3 is 24.6 Å². The number of hydrogen-bond donors (Lipinski definition) is 3. The third-order valence-electron chi connectivity index (χ3n) is 9.67. The fourth-order valence-electron chi connectivity index (χ4n) is 6.21. The van der Waals surface area contributed by atoms with Crippen molar-refractivity contribution in [2.24, 2.45) is 0 Å². The first kappa shape index (κ1) is 52.7. The van der Waals surface area contributed by atoms with Gasteiger partial charge >= 0.3 is 19.8 Å². The van der Waals surface area contributed by atoms with Crippen molar-refractivity contribution in [3.05, 3.63) is 12.2 Å². The Hall–Kier alpha value is -1.29. The van der Waals surface area contributed by atoms with Gasteiger partial charge in [-0.3, -0.25) is 18.6 Å². The van der Waals surface area contributed by atoms with Crippen LogP contribution in [0.1, 0.15) is 213 Å². The van der Waals surface area contributed by atoms with Crippen molar-refractivity contribution in [1.29, 1.82) is 0 Å². The molecule has 0 aliphatic carbocycles. The van der Waals surface area contributed by atoms with E-state index in [4.69, 9.17) is 19.1 Å². The highest BCUT2D eigenvalue weighted by atomic mass is 31.2. The van der Waals surface area contributed by atoms with E-state index in [-0.39, 0.29) is 19.4 Å². The number of hydrogen-bond acceptors (Lipinski definition) is 9. The van der Waals surface area contributed by atoms with E-state index in [1.807, 2.05) is 0 Å². The second kappa shape index (κ2) is 39.9. The number of phosphoric ester groups is 1. The number of carbonyl (C=O) groups excluding carboxylic acids is 2. The fraction of sp³-hybridized carbons (Fsp3) is 0.907. The highest BCUT2D eigenvalue weighted by Crippen LogP contribution is 2.43. The van der Waals surface area contributed by atoms with Gasteiger partial charge in [-0.25, -0.2) is 4.57 Å². The molecule has 3 N–H and O–H groups in total. The van der Waals surface area contributed by atoms with Gasteiger partial charge in [-0.1, -0.05) is 180 Å². The Morgan fingerprint density at radius 1 is 0.537 bits per heavy atom. The van der Waals surface area contributed by atoms with Crippen LogP contribution in [0, 0.1) is 0 Å². The highest BCUT2D eigenvalue weighted by molar-refractivity contribution is 7.47.